The number of quaternary nitrogens is 1. The Morgan fingerprint density at radius 3 is 2.87 bits per heavy atom. The number of allylic oxidation sites excluding steroid dienone is 2. The topological polar surface area (TPSA) is 4.44 Å². The number of benzene rings is 1. The summed E-state index contributed by atoms with van der Waals surface area (Å²) >= 11 is 0. The number of hydrogen-bond donors (Lipinski definition) is 1. The summed E-state index contributed by atoms with van der Waals surface area (Å²) in [5.74, 6) is 0. The number of fused-ring (bicyclic) bond motifs is 3. The van der Waals surface area contributed by atoms with Crippen molar-refractivity contribution in [1.82, 2.24) is 0 Å². The van der Waals surface area contributed by atoms with Crippen LogP contribution in [0.2, 0.25) is 0 Å². The lowest BCUT2D eigenvalue weighted by molar-refractivity contribution is -0.791. The van der Waals surface area contributed by atoms with E-state index in [9.17, 15) is 0 Å². The Morgan fingerprint density at radius 1 is 1.20 bits per heavy atom. The zero-order chi connectivity index (χ0) is 10.5. The molecule has 2 heterocycles. The first-order valence-corrected chi connectivity index (χ1v) is 5.88. The standard InChI is InChI=1S/C14H17N/c1-14(2)11-7-3-4-8-12(11)15-10-6-5-9-13(14)15/h3-4,7-9H,5-6,10H2,1-2H3/p+1. The van der Waals surface area contributed by atoms with Crippen molar-refractivity contribution in [2.24, 2.45) is 0 Å². The highest BCUT2D eigenvalue weighted by molar-refractivity contribution is 5.52. The maximum absolute atomic E-state index is 2.46. The van der Waals surface area contributed by atoms with Crippen LogP contribution >= 0.6 is 0 Å². The minimum absolute atomic E-state index is 0.242. The van der Waals surface area contributed by atoms with Crippen LogP contribution in [-0.2, 0) is 5.41 Å². The lowest BCUT2D eigenvalue weighted by atomic mass is 9.83. The first kappa shape index (κ1) is 9.17. The second-order valence-electron chi connectivity index (χ2n) is 5.16. The first-order chi connectivity index (χ1) is 7.21. The van der Waals surface area contributed by atoms with Crippen LogP contribution in [-0.4, -0.2) is 6.54 Å². The zero-order valence-electron chi connectivity index (χ0n) is 9.51. The molecule has 0 spiro atoms. The van der Waals surface area contributed by atoms with Crippen molar-refractivity contribution >= 4 is 5.69 Å². The van der Waals surface area contributed by atoms with Crippen LogP contribution in [0.5, 0.6) is 0 Å². The maximum atomic E-state index is 2.46. The average Bonchev–Trinajstić information content (AvgIpc) is 2.51. The van der Waals surface area contributed by atoms with Crippen molar-refractivity contribution in [1.29, 1.82) is 0 Å². The van der Waals surface area contributed by atoms with Gasteiger partial charge >= 0.3 is 0 Å². The van der Waals surface area contributed by atoms with Crippen molar-refractivity contribution in [3.05, 3.63) is 41.6 Å². The van der Waals surface area contributed by atoms with Crippen LogP contribution in [0.3, 0.4) is 0 Å². The highest BCUT2D eigenvalue weighted by Crippen LogP contribution is 2.39. The Labute approximate surface area is 91.4 Å². The fraction of sp³-hybridized carbons (Fsp3) is 0.429. The first-order valence-electron chi connectivity index (χ1n) is 5.88. The molecule has 0 radical (unpaired) electrons. The Hall–Kier alpha value is -1.08. The largest absolute Gasteiger partial charge is 0.273 e. The molecule has 2 aliphatic rings. The van der Waals surface area contributed by atoms with E-state index < -0.39 is 0 Å². The van der Waals surface area contributed by atoms with E-state index in [1.165, 1.54) is 30.6 Å². The van der Waals surface area contributed by atoms with E-state index in [1.54, 1.807) is 10.6 Å². The molecule has 1 unspecified atom stereocenters. The predicted octanol–water partition coefficient (Wildman–Crippen LogP) is 2.17. The van der Waals surface area contributed by atoms with Gasteiger partial charge in [0.25, 0.3) is 0 Å². The molecule has 0 saturated carbocycles. The van der Waals surface area contributed by atoms with Crippen molar-refractivity contribution in [2.75, 3.05) is 6.54 Å². The van der Waals surface area contributed by atoms with Crippen LogP contribution in [0.4, 0.5) is 5.69 Å². The fourth-order valence-electron chi connectivity index (χ4n) is 3.13. The van der Waals surface area contributed by atoms with Crippen molar-refractivity contribution in [3.63, 3.8) is 0 Å². The lowest BCUT2D eigenvalue weighted by Gasteiger charge is -2.24. The van der Waals surface area contributed by atoms with Crippen LogP contribution in [0.1, 0.15) is 32.3 Å². The average molecular weight is 200 g/mol. The van der Waals surface area contributed by atoms with Crippen molar-refractivity contribution in [3.8, 4) is 0 Å². The highest BCUT2D eigenvalue weighted by atomic mass is 15.2. The molecule has 0 aromatic heterocycles. The molecule has 1 N–H and O–H groups in total. The molecule has 1 heteroatoms. The molecule has 0 fully saturated rings. The Morgan fingerprint density at radius 2 is 2.00 bits per heavy atom. The van der Waals surface area contributed by atoms with Crippen molar-refractivity contribution < 1.29 is 4.90 Å². The number of para-hydroxylation sites is 1. The van der Waals surface area contributed by atoms with Crippen LogP contribution < -0.4 is 4.90 Å². The third-order valence-electron chi connectivity index (χ3n) is 3.90. The second kappa shape index (κ2) is 2.96. The maximum Gasteiger partial charge on any atom is 0.140 e. The van der Waals surface area contributed by atoms with Gasteiger partial charge in [0.2, 0.25) is 0 Å². The number of nitrogens with one attached hydrogen (secondary N) is 1. The van der Waals surface area contributed by atoms with E-state index in [4.69, 9.17) is 0 Å². The Bertz CT molecular complexity index is 429. The molecule has 78 valence electrons. The van der Waals surface area contributed by atoms with Crippen LogP contribution in [0.15, 0.2) is 36.0 Å². The molecule has 15 heavy (non-hydrogen) atoms. The van der Waals surface area contributed by atoms with Gasteiger partial charge in [0, 0.05) is 12.0 Å². The normalized spacial score (nSPS) is 26.8. The van der Waals surface area contributed by atoms with E-state index in [1.807, 2.05) is 0 Å². The molecule has 1 aromatic carbocycles. The molecule has 1 aromatic rings. The van der Waals surface area contributed by atoms with Crippen molar-refractivity contribution in [2.45, 2.75) is 32.1 Å². The Balaban J connectivity index is 2.24. The third kappa shape index (κ3) is 1.13. The van der Waals surface area contributed by atoms with E-state index in [-0.39, 0.29) is 5.41 Å². The molecular weight excluding hydrogens is 182 g/mol. The van der Waals surface area contributed by atoms with Gasteiger partial charge in [-0.1, -0.05) is 18.2 Å². The molecule has 1 nitrogen and oxygen atoms in total. The molecule has 1 atom stereocenters. The number of rotatable bonds is 0. The summed E-state index contributed by atoms with van der Waals surface area (Å²) in [5.41, 5.74) is 4.86. The number of hydrogen-bond acceptors (Lipinski definition) is 0. The minimum atomic E-state index is 0.242. The smallest absolute Gasteiger partial charge is 0.140 e. The molecule has 2 aliphatic heterocycles. The lowest BCUT2D eigenvalue weighted by Crippen LogP contribution is -3.05. The zero-order valence-corrected chi connectivity index (χ0v) is 9.51. The van der Waals surface area contributed by atoms with Gasteiger partial charge in [-0.15, -0.1) is 0 Å². The van der Waals surface area contributed by atoms with Gasteiger partial charge in [-0.05, 0) is 32.4 Å². The van der Waals surface area contributed by atoms with Gasteiger partial charge in [-0.25, -0.2) is 0 Å². The minimum Gasteiger partial charge on any atom is -0.273 e. The molecule has 0 bridgehead atoms. The summed E-state index contributed by atoms with van der Waals surface area (Å²) < 4.78 is 0. The van der Waals surface area contributed by atoms with Gasteiger partial charge < -0.3 is 0 Å². The second-order valence-corrected chi connectivity index (χ2v) is 5.16. The molecule has 0 saturated heterocycles. The summed E-state index contributed by atoms with van der Waals surface area (Å²) in [7, 11) is 0. The summed E-state index contributed by atoms with van der Waals surface area (Å²) in [6, 6.07) is 8.92. The van der Waals surface area contributed by atoms with Gasteiger partial charge in [0.05, 0.1) is 12.0 Å². The quantitative estimate of drug-likeness (QED) is 0.654. The van der Waals surface area contributed by atoms with Crippen LogP contribution in [0.25, 0.3) is 0 Å². The predicted molar refractivity (Wildman–Crippen MR) is 62.3 cm³/mol. The van der Waals surface area contributed by atoms with Gasteiger partial charge in [-0.3, -0.25) is 4.90 Å². The third-order valence-corrected chi connectivity index (χ3v) is 3.90. The van der Waals surface area contributed by atoms with E-state index in [0.717, 1.165) is 0 Å². The van der Waals surface area contributed by atoms with Gasteiger partial charge in [-0.2, -0.15) is 0 Å². The summed E-state index contributed by atoms with van der Waals surface area (Å²) in [6.45, 7) is 5.98. The van der Waals surface area contributed by atoms with Gasteiger partial charge in [0.1, 0.15) is 11.4 Å². The molecule has 0 amide bonds. The molecular formula is C14H18N+. The molecule has 3 rings (SSSR count). The van der Waals surface area contributed by atoms with Crippen LogP contribution in [0, 0.1) is 0 Å². The Kier molecular flexibility index (Phi) is 1.81. The fourth-order valence-corrected chi connectivity index (χ4v) is 3.13. The highest BCUT2D eigenvalue weighted by Gasteiger charge is 2.45. The monoisotopic (exact) mass is 200 g/mol. The van der Waals surface area contributed by atoms with E-state index in [2.05, 4.69) is 44.2 Å². The molecule has 0 aliphatic carbocycles. The SMILES string of the molecule is CC1(C)C2=CCCC[NH+]2c2ccccc21. The summed E-state index contributed by atoms with van der Waals surface area (Å²) in [6.07, 6.45) is 5.04. The summed E-state index contributed by atoms with van der Waals surface area (Å²) in [5, 5.41) is 0. The summed E-state index contributed by atoms with van der Waals surface area (Å²) in [4.78, 5) is 1.61. The van der Waals surface area contributed by atoms with E-state index >= 15 is 0 Å². The van der Waals surface area contributed by atoms with E-state index in [0.29, 0.717) is 0 Å². The van der Waals surface area contributed by atoms with Gasteiger partial charge in [0.15, 0.2) is 0 Å².